The summed E-state index contributed by atoms with van der Waals surface area (Å²) in [5, 5.41) is 0. The summed E-state index contributed by atoms with van der Waals surface area (Å²) in [6, 6.07) is 15.4. The van der Waals surface area contributed by atoms with Crippen molar-refractivity contribution < 1.29 is 19.1 Å². The predicted molar refractivity (Wildman–Crippen MR) is 179 cm³/mol. The zero-order valence-corrected chi connectivity index (χ0v) is 27.4. The Morgan fingerprint density at radius 1 is 0.568 bits per heavy atom. The van der Waals surface area contributed by atoms with Crippen LogP contribution >= 0.6 is 0 Å². The number of hydrogen-bond donors (Lipinski definition) is 0. The summed E-state index contributed by atoms with van der Waals surface area (Å²) in [5.41, 5.74) is 1.48. The molecule has 2 aliphatic heterocycles. The average molecular weight is 605 g/mol. The molecule has 2 atom stereocenters. The van der Waals surface area contributed by atoms with E-state index in [1.807, 2.05) is 48.5 Å². The molecule has 2 saturated heterocycles. The molecule has 0 amide bonds. The Morgan fingerprint density at radius 2 is 0.909 bits per heavy atom. The average Bonchev–Trinajstić information content (AvgIpc) is 3.49. The fourth-order valence-corrected chi connectivity index (χ4v) is 6.62. The van der Waals surface area contributed by atoms with E-state index in [9.17, 15) is 9.59 Å². The second-order valence-corrected chi connectivity index (χ2v) is 12.9. The molecule has 4 rings (SSSR count). The van der Waals surface area contributed by atoms with Gasteiger partial charge in [-0.3, -0.25) is 9.59 Å². The Bertz CT molecular complexity index is 1010. The molecule has 0 bridgehead atoms. The van der Waals surface area contributed by atoms with Crippen molar-refractivity contribution in [3.63, 3.8) is 0 Å². The van der Waals surface area contributed by atoms with Crippen LogP contribution in [0.2, 0.25) is 0 Å². The third kappa shape index (κ3) is 11.0. The molecule has 0 N–H and O–H groups in total. The zero-order valence-electron chi connectivity index (χ0n) is 27.4. The lowest BCUT2D eigenvalue weighted by Gasteiger charge is -2.29. The second kappa shape index (κ2) is 19.0. The number of carbonyl (C=O) groups excluding carboxylic acids is 2. The van der Waals surface area contributed by atoms with Gasteiger partial charge in [0.2, 0.25) is 0 Å². The minimum atomic E-state index is -0.139. The van der Waals surface area contributed by atoms with Gasteiger partial charge >= 0.3 is 0 Å². The van der Waals surface area contributed by atoms with Crippen LogP contribution in [0.25, 0.3) is 0 Å². The number of hydrogen-bond acceptors (Lipinski definition) is 6. The van der Waals surface area contributed by atoms with Crippen LogP contribution in [0.15, 0.2) is 48.5 Å². The van der Waals surface area contributed by atoms with Gasteiger partial charge < -0.3 is 19.3 Å². The van der Waals surface area contributed by atoms with Gasteiger partial charge in [-0.1, -0.05) is 39.5 Å². The van der Waals surface area contributed by atoms with E-state index in [4.69, 9.17) is 9.47 Å². The maximum atomic E-state index is 14.1. The molecular formula is C38H56N2O4. The first kappa shape index (κ1) is 34.2. The predicted octanol–water partition coefficient (Wildman–Crippen LogP) is 8.09. The van der Waals surface area contributed by atoms with Crippen LogP contribution in [0.3, 0.4) is 0 Å². The van der Waals surface area contributed by atoms with Gasteiger partial charge in [0.05, 0.1) is 13.2 Å². The molecule has 44 heavy (non-hydrogen) atoms. The minimum Gasteiger partial charge on any atom is -0.494 e. The van der Waals surface area contributed by atoms with E-state index in [1.54, 1.807) is 0 Å². The molecule has 2 heterocycles. The number of Topliss-reactive ketones (excluding diaryl/α,β-unsaturated/α-hetero) is 2. The molecule has 2 aromatic carbocycles. The molecule has 0 saturated carbocycles. The topological polar surface area (TPSA) is 59.1 Å². The number of nitrogens with zero attached hydrogens (tertiary/aromatic N) is 2. The minimum absolute atomic E-state index is 0.139. The molecule has 0 spiro atoms. The molecule has 6 heteroatoms. The molecular weight excluding hydrogens is 548 g/mol. The van der Waals surface area contributed by atoms with E-state index in [-0.39, 0.29) is 23.4 Å². The quantitative estimate of drug-likeness (QED) is 0.170. The molecule has 0 aromatic heterocycles. The van der Waals surface area contributed by atoms with Gasteiger partial charge in [-0.25, -0.2) is 0 Å². The molecule has 0 aliphatic carbocycles. The van der Waals surface area contributed by atoms with Crippen LogP contribution in [-0.4, -0.2) is 73.8 Å². The number of likely N-dealkylation sites (tertiary alicyclic amines) is 2. The summed E-state index contributed by atoms with van der Waals surface area (Å²) >= 11 is 0. The van der Waals surface area contributed by atoms with Gasteiger partial charge in [0.1, 0.15) is 11.5 Å². The highest BCUT2D eigenvalue weighted by molar-refractivity contribution is 5.99. The summed E-state index contributed by atoms with van der Waals surface area (Å²) in [4.78, 5) is 33.1. The summed E-state index contributed by atoms with van der Waals surface area (Å²) < 4.78 is 11.5. The maximum absolute atomic E-state index is 14.1. The summed E-state index contributed by atoms with van der Waals surface area (Å²) in [6.45, 7) is 11.3. The van der Waals surface area contributed by atoms with Crippen molar-refractivity contribution in [1.29, 1.82) is 0 Å². The third-order valence-corrected chi connectivity index (χ3v) is 9.18. The Labute approximate surface area is 266 Å². The summed E-state index contributed by atoms with van der Waals surface area (Å²) in [6.07, 6.45) is 13.2. The number of benzene rings is 2. The Hall–Kier alpha value is -2.70. The van der Waals surface area contributed by atoms with Gasteiger partial charge in [-0.15, -0.1) is 0 Å². The standard InChI is InChI=1S/C38H56N2O4/c1-3-27-43-35-19-15-31(16-20-35)37(41)33(29-39-23-9-5-6-10-24-39)13-14-34(30-40-25-11-7-8-12-26-40)38(42)32-17-21-36(22-18-32)44-28-4-2/h15-22,33-34H,3-14,23-30H2,1-2H3/t33-,34-/m1/s1. The fourth-order valence-electron chi connectivity index (χ4n) is 6.62. The highest BCUT2D eigenvalue weighted by Crippen LogP contribution is 2.26. The van der Waals surface area contributed by atoms with Crippen LogP contribution in [0.1, 0.15) is 112 Å². The van der Waals surface area contributed by atoms with Gasteiger partial charge in [0.25, 0.3) is 0 Å². The Balaban J connectivity index is 1.52. The second-order valence-electron chi connectivity index (χ2n) is 12.9. The number of ether oxygens (including phenoxy) is 2. The highest BCUT2D eigenvalue weighted by Gasteiger charge is 2.29. The van der Waals surface area contributed by atoms with E-state index < -0.39 is 0 Å². The van der Waals surface area contributed by atoms with Crippen molar-refractivity contribution in [2.45, 2.75) is 90.9 Å². The molecule has 2 aromatic rings. The smallest absolute Gasteiger partial charge is 0.167 e. The third-order valence-electron chi connectivity index (χ3n) is 9.18. The van der Waals surface area contributed by atoms with Gasteiger partial charge in [0.15, 0.2) is 11.6 Å². The van der Waals surface area contributed by atoms with E-state index >= 15 is 0 Å². The Kier molecular flexibility index (Phi) is 14.7. The van der Waals surface area contributed by atoms with E-state index in [0.717, 1.165) is 74.7 Å². The van der Waals surface area contributed by atoms with Crippen molar-refractivity contribution in [1.82, 2.24) is 9.80 Å². The molecule has 0 radical (unpaired) electrons. The number of carbonyl (C=O) groups is 2. The molecule has 0 unspecified atom stereocenters. The largest absolute Gasteiger partial charge is 0.494 e. The van der Waals surface area contributed by atoms with E-state index in [0.29, 0.717) is 26.1 Å². The van der Waals surface area contributed by atoms with Crippen LogP contribution in [0.4, 0.5) is 0 Å². The van der Waals surface area contributed by atoms with Crippen molar-refractivity contribution in [2.24, 2.45) is 11.8 Å². The van der Waals surface area contributed by atoms with Crippen molar-refractivity contribution in [2.75, 3.05) is 52.5 Å². The summed E-state index contributed by atoms with van der Waals surface area (Å²) in [7, 11) is 0. The van der Waals surface area contributed by atoms with Crippen molar-refractivity contribution in [3.8, 4) is 11.5 Å². The van der Waals surface area contributed by atoms with Crippen molar-refractivity contribution in [3.05, 3.63) is 59.7 Å². The first-order chi connectivity index (χ1) is 21.6. The van der Waals surface area contributed by atoms with Crippen LogP contribution in [-0.2, 0) is 0 Å². The summed E-state index contributed by atoms with van der Waals surface area (Å²) in [5.74, 6) is 1.72. The van der Waals surface area contributed by atoms with E-state index in [1.165, 1.54) is 51.4 Å². The molecule has 2 fully saturated rings. The van der Waals surface area contributed by atoms with Crippen LogP contribution in [0, 0.1) is 11.8 Å². The van der Waals surface area contributed by atoms with E-state index in [2.05, 4.69) is 23.6 Å². The van der Waals surface area contributed by atoms with Crippen LogP contribution in [0.5, 0.6) is 11.5 Å². The van der Waals surface area contributed by atoms with Crippen LogP contribution < -0.4 is 9.47 Å². The number of ketones is 2. The van der Waals surface area contributed by atoms with Crippen molar-refractivity contribution >= 4 is 11.6 Å². The zero-order chi connectivity index (χ0) is 31.0. The molecule has 6 nitrogen and oxygen atoms in total. The fraction of sp³-hybridized carbons (Fsp3) is 0.632. The highest BCUT2D eigenvalue weighted by atomic mass is 16.5. The Morgan fingerprint density at radius 3 is 1.23 bits per heavy atom. The normalized spacial score (nSPS) is 18.1. The van der Waals surface area contributed by atoms with Gasteiger partial charge in [-0.2, -0.15) is 0 Å². The molecule has 2 aliphatic rings. The monoisotopic (exact) mass is 604 g/mol. The number of rotatable bonds is 17. The lowest BCUT2D eigenvalue weighted by atomic mass is 9.86. The maximum Gasteiger partial charge on any atom is 0.167 e. The SMILES string of the molecule is CCCOc1ccc(C(=O)[C@H](CC[C@H](CN2CCCCCC2)C(=O)c2ccc(OCCC)cc2)CN2CCCCCC2)cc1. The van der Waals surface area contributed by atoms with Gasteiger partial charge in [-0.05, 0) is 126 Å². The lowest BCUT2D eigenvalue weighted by molar-refractivity contribution is 0.0810. The van der Waals surface area contributed by atoms with Gasteiger partial charge in [0, 0.05) is 36.1 Å². The first-order valence-corrected chi connectivity index (χ1v) is 17.6. The first-order valence-electron chi connectivity index (χ1n) is 17.6. The lowest BCUT2D eigenvalue weighted by Crippen LogP contribution is -2.37. The molecule has 242 valence electrons.